The lowest BCUT2D eigenvalue weighted by molar-refractivity contribution is -0.176. The molecule has 4 atom stereocenters. The molecule has 4 unspecified atom stereocenters. The highest BCUT2D eigenvalue weighted by Gasteiger charge is 2.42. The van der Waals surface area contributed by atoms with Crippen molar-refractivity contribution >= 4 is 29.8 Å². The summed E-state index contributed by atoms with van der Waals surface area (Å²) in [5, 5.41) is 2.47. The van der Waals surface area contributed by atoms with Gasteiger partial charge in [0.2, 0.25) is 5.75 Å². The molecule has 1 amide bonds. The Hall–Kier alpha value is -4.48. The molecule has 3 rings (SSSR count). The number of hydrogen-bond donors (Lipinski definition) is 1. The Morgan fingerprint density at radius 2 is 1.75 bits per heavy atom. The third-order valence-corrected chi connectivity index (χ3v) is 6.66. The maximum atomic E-state index is 13.4. The molecule has 12 heteroatoms. The zero-order valence-corrected chi connectivity index (χ0v) is 26.1. The lowest BCUT2D eigenvalue weighted by Gasteiger charge is -2.29. The fourth-order valence-corrected chi connectivity index (χ4v) is 4.41. The van der Waals surface area contributed by atoms with E-state index in [-0.39, 0.29) is 30.0 Å². The van der Waals surface area contributed by atoms with E-state index in [4.69, 9.17) is 23.7 Å². The summed E-state index contributed by atoms with van der Waals surface area (Å²) in [5.41, 5.74) is 0.0563. The molecule has 44 heavy (non-hydrogen) atoms. The van der Waals surface area contributed by atoms with Crippen molar-refractivity contribution in [3.05, 3.63) is 53.9 Å². The van der Waals surface area contributed by atoms with Crippen LogP contribution in [-0.4, -0.2) is 66.7 Å². The second-order valence-corrected chi connectivity index (χ2v) is 12.1. The van der Waals surface area contributed by atoms with Crippen LogP contribution < -0.4 is 14.8 Å². The first-order chi connectivity index (χ1) is 20.7. The van der Waals surface area contributed by atoms with Crippen molar-refractivity contribution in [2.75, 3.05) is 13.7 Å². The second kappa shape index (κ2) is 14.8. The van der Waals surface area contributed by atoms with Gasteiger partial charge in [0.15, 0.2) is 23.6 Å². The molecular formula is C32H40N2O10. The van der Waals surface area contributed by atoms with Gasteiger partial charge in [-0.3, -0.25) is 19.2 Å². The van der Waals surface area contributed by atoms with Crippen LogP contribution in [0.2, 0.25) is 0 Å². The number of esters is 4. The SMILES string of the molecule is COc1ccnc(C(=O)NC2COC(=O)C(Cc3ccccc3)C(OC(=O)C(C)C)C(C)OC2=O)c1OC(=O)CC(C)(C)C. The summed E-state index contributed by atoms with van der Waals surface area (Å²) in [6, 6.07) is 9.02. The fraction of sp³-hybridized carbons (Fsp3) is 0.500. The van der Waals surface area contributed by atoms with Gasteiger partial charge in [-0.15, -0.1) is 0 Å². The first-order valence-corrected chi connectivity index (χ1v) is 14.4. The molecule has 0 aliphatic carbocycles. The summed E-state index contributed by atoms with van der Waals surface area (Å²) >= 11 is 0. The van der Waals surface area contributed by atoms with Crippen molar-refractivity contribution in [3.8, 4) is 11.5 Å². The average Bonchev–Trinajstić information content (AvgIpc) is 2.98. The Bertz CT molecular complexity index is 1350. The van der Waals surface area contributed by atoms with Crippen molar-refractivity contribution in [2.45, 2.75) is 72.6 Å². The number of ether oxygens (including phenoxy) is 5. The number of carbonyl (C=O) groups excluding carboxylic acids is 5. The molecular weight excluding hydrogens is 572 g/mol. The number of benzene rings is 1. The molecule has 0 spiro atoms. The van der Waals surface area contributed by atoms with Crippen molar-refractivity contribution in [2.24, 2.45) is 17.3 Å². The Balaban J connectivity index is 1.89. The molecule has 1 aliphatic heterocycles. The zero-order valence-electron chi connectivity index (χ0n) is 26.1. The highest BCUT2D eigenvalue weighted by Crippen LogP contribution is 2.31. The van der Waals surface area contributed by atoms with Crippen LogP contribution in [0.25, 0.3) is 0 Å². The minimum absolute atomic E-state index is 0.0433. The fourth-order valence-electron chi connectivity index (χ4n) is 4.41. The molecule has 2 aromatic rings. The van der Waals surface area contributed by atoms with Crippen molar-refractivity contribution in [3.63, 3.8) is 0 Å². The number of rotatable bonds is 9. The second-order valence-electron chi connectivity index (χ2n) is 12.1. The van der Waals surface area contributed by atoms with Crippen LogP contribution >= 0.6 is 0 Å². The number of cyclic esters (lactones) is 2. The van der Waals surface area contributed by atoms with E-state index in [9.17, 15) is 24.0 Å². The smallest absolute Gasteiger partial charge is 0.332 e. The van der Waals surface area contributed by atoms with E-state index >= 15 is 0 Å². The van der Waals surface area contributed by atoms with Gasteiger partial charge in [-0.2, -0.15) is 0 Å². The van der Waals surface area contributed by atoms with E-state index in [1.54, 1.807) is 26.0 Å². The van der Waals surface area contributed by atoms with Gasteiger partial charge in [0.1, 0.15) is 18.6 Å². The number of amides is 1. The summed E-state index contributed by atoms with van der Waals surface area (Å²) < 4.78 is 27.6. The van der Waals surface area contributed by atoms with Crippen molar-refractivity contribution in [1.82, 2.24) is 10.3 Å². The molecule has 1 aliphatic rings. The minimum Gasteiger partial charge on any atom is -0.493 e. The van der Waals surface area contributed by atoms with Gasteiger partial charge >= 0.3 is 23.9 Å². The van der Waals surface area contributed by atoms with Gasteiger partial charge in [0.05, 0.1) is 19.4 Å². The minimum atomic E-state index is -1.46. The van der Waals surface area contributed by atoms with Crippen molar-refractivity contribution < 1.29 is 47.7 Å². The first kappa shape index (κ1) is 34.0. The molecule has 1 N–H and O–H groups in total. The lowest BCUT2D eigenvalue weighted by atomic mass is 9.91. The lowest BCUT2D eigenvalue weighted by Crippen LogP contribution is -2.47. The van der Waals surface area contributed by atoms with Crippen LogP contribution in [0.1, 0.15) is 64.0 Å². The quantitative estimate of drug-likeness (QED) is 0.327. The molecule has 1 aromatic heterocycles. The van der Waals surface area contributed by atoms with Crippen LogP contribution in [-0.2, 0) is 39.8 Å². The number of nitrogens with one attached hydrogen (secondary N) is 1. The summed E-state index contributed by atoms with van der Waals surface area (Å²) in [5.74, 6) is -5.44. The summed E-state index contributed by atoms with van der Waals surface area (Å²) in [7, 11) is 1.34. The Morgan fingerprint density at radius 3 is 2.36 bits per heavy atom. The van der Waals surface area contributed by atoms with Gasteiger partial charge < -0.3 is 29.0 Å². The van der Waals surface area contributed by atoms with E-state index in [1.165, 1.54) is 26.3 Å². The van der Waals surface area contributed by atoms with Gasteiger partial charge in [0.25, 0.3) is 5.91 Å². The zero-order chi connectivity index (χ0) is 32.6. The van der Waals surface area contributed by atoms with E-state index in [2.05, 4.69) is 10.3 Å². The maximum absolute atomic E-state index is 13.4. The summed E-state index contributed by atoms with van der Waals surface area (Å²) in [6.07, 6.45) is -0.772. The predicted octanol–water partition coefficient (Wildman–Crippen LogP) is 3.45. The third-order valence-electron chi connectivity index (χ3n) is 6.66. The van der Waals surface area contributed by atoms with Gasteiger partial charge in [-0.05, 0) is 24.3 Å². The molecule has 0 saturated carbocycles. The Kier molecular flexibility index (Phi) is 11.4. The molecule has 1 fully saturated rings. The average molecular weight is 613 g/mol. The van der Waals surface area contributed by atoms with E-state index in [0.29, 0.717) is 0 Å². The highest BCUT2D eigenvalue weighted by molar-refractivity contribution is 5.99. The van der Waals surface area contributed by atoms with E-state index < -0.39 is 71.9 Å². The molecule has 1 aromatic carbocycles. The van der Waals surface area contributed by atoms with Crippen molar-refractivity contribution in [1.29, 1.82) is 0 Å². The van der Waals surface area contributed by atoms with E-state index in [1.807, 2.05) is 39.0 Å². The highest BCUT2D eigenvalue weighted by atomic mass is 16.6. The normalized spacial score (nSPS) is 20.7. The molecule has 0 bridgehead atoms. The largest absolute Gasteiger partial charge is 0.493 e. The standard InChI is InChI=1S/C32H40N2O10/c1-18(2)29(37)44-26-19(3)42-31(39)22(17-41-30(38)21(26)15-20-11-9-8-10-12-20)34-28(36)25-27(23(40-7)13-14-33-25)43-24(35)16-32(4,5)6/h8-14,18-19,21-22,26H,15-17H2,1-7H3,(H,34,36). The number of pyridine rings is 1. The number of carbonyl (C=O) groups is 5. The first-order valence-electron chi connectivity index (χ1n) is 14.4. The van der Waals surface area contributed by atoms with E-state index in [0.717, 1.165) is 5.56 Å². The number of aromatic nitrogens is 1. The number of nitrogens with zero attached hydrogens (tertiary/aromatic N) is 1. The Labute approximate surface area is 256 Å². The van der Waals surface area contributed by atoms with Crippen LogP contribution in [0.4, 0.5) is 0 Å². The maximum Gasteiger partial charge on any atom is 0.332 e. The summed E-state index contributed by atoms with van der Waals surface area (Å²) in [4.78, 5) is 69.4. The van der Waals surface area contributed by atoms with Crippen LogP contribution in [0, 0.1) is 17.3 Å². The Morgan fingerprint density at radius 1 is 1.07 bits per heavy atom. The van der Waals surface area contributed by atoms with Gasteiger partial charge in [0, 0.05) is 12.3 Å². The molecule has 238 valence electrons. The molecule has 12 nitrogen and oxygen atoms in total. The predicted molar refractivity (Wildman–Crippen MR) is 157 cm³/mol. The molecule has 1 saturated heterocycles. The summed E-state index contributed by atoms with van der Waals surface area (Å²) in [6.45, 7) is 9.78. The topological polar surface area (TPSA) is 156 Å². The number of hydrogen-bond acceptors (Lipinski definition) is 11. The monoisotopic (exact) mass is 612 g/mol. The third kappa shape index (κ3) is 9.26. The van der Waals surface area contributed by atoms with Crippen LogP contribution in [0.15, 0.2) is 42.6 Å². The van der Waals surface area contributed by atoms with Gasteiger partial charge in [-0.1, -0.05) is 65.0 Å². The molecule has 0 radical (unpaired) electrons. The van der Waals surface area contributed by atoms with Crippen LogP contribution in [0.3, 0.4) is 0 Å². The number of methoxy groups -OCH3 is 1. The van der Waals surface area contributed by atoms with Gasteiger partial charge in [-0.25, -0.2) is 9.78 Å². The molecule has 2 heterocycles. The van der Waals surface area contributed by atoms with Crippen LogP contribution in [0.5, 0.6) is 11.5 Å².